The highest BCUT2D eigenvalue weighted by molar-refractivity contribution is 6.06. The van der Waals surface area contributed by atoms with Gasteiger partial charge in [0.05, 0.1) is 11.6 Å². The zero-order valence-electron chi connectivity index (χ0n) is 20.0. The van der Waals surface area contributed by atoms with Crippen molar-refractivity contribution in [3.8, 4) is 5.75 Å². The molecular weight excluding hydrogens is 466 g/mol. The molecule has 7 heteroatoms. The molecule has 0 aromatic heterocycles. The van der Waals surface area contributed by atoms with Gasteiger partial charge in [-0.3, -0.25) is 19.3 Å². The van der Waals surface area contributed by atoms with Crippen LogP contribution in [0.1, 0.15) is 17.0 Å². The number of nitrogens with one attached hydrogen (secondary N) is 2. The third-order valence-electron chi connectivity index (χ3n) is 6.06. The first-order chi connectivity index (χ1) is 18.1. The Balaban J connectivity index is 1.38. The Bertz CT molecular complexity index is 1370. The molecule has 0 spiro atoms. The molecule has 1 heterocycles. The number of anilines is 3. The molecule has 5 rings (SSSR count). The van der Waals surface area contributed by atoms with Crippen molar-refractivity contribution in [1.29, 1.82) is 0 Å². The number of hydrogen-bond donors (Lipinski definition) is 2. The average Bonchev–Trinajstić information content (AvgIpc) is 2.92. The number of carbonyl (C=O) groups excluding carboxylic acids is 3. The van der Waals surface area contributed by atoms with Crippen molar-refractivity contribution in [3.63, 3.8) is 0 Å². The van der Waals surface area contributed by atoms with E-state index in [1.54, 1.807) is 30.3 Å². The molecule has 4 aromatic carbocycles. The fourth-order valence-corrected chi connectivity index (χ4v) is 4.32. The summed E-state index contributed by atoms with van der Waals surface area (Å²) >= 11 is 0. The molecule has 7 nitrogen and oxygen atoms in total. The standard InChI is InChI=1S/C30H25N3O4/c34-27(31-23-14-8-3-9-15-23)19-33-25-18-24(16-17-26(25)37-20-28(33)35)32-30(36)29(21-10-4-1-5-11-21)22-12-6-2-7-13-22/h1-18,29H,19-20H2,(H,31,34)(H,32,36). The normalized spacial score (nSPS) is 12.5. The maximum absolute atomic E-state index is 13.5. The predicted octanol–water partition coefficient (Wildman–Crippen LogP) is 4.82. The fourth-order valence-electron chi connectivity index (χ4n) is 4.32. The Hall–Kier alpha value is -4.91. The quantitative estimate of drug-likeness (QED) is 0.388. The summed E-state index contributed by atoms with van der Waals surface area (Å²) in [6.07, 6.45) is 0. The Morgan fingerprint density at radius 2 is 1.35 bits per heavy atom. The third kappa shape index (κ3) is 5.51. The van der Waals surface area contributed by atoms with Gasteiger partial charge in [0.1, 0.15) is 12.3 Å². The minimum atomic E-state index is -0.524. The minimum Gasteiger partial charge on any atom is -0.482 e. The number of rotatable bonds is 7. The van der Waals surface area contributed by atoms with E-state index in [-0.39, 0.29) is 30.9 Å². The lowest BCUT2D eigenvalue weighted by Crippen LogP contribution is -2.43. The van der Waals surface area contributed by atoms with E-state index in [0.29, 0.717) is 22.8 Å². The zero-order chi connectivity index (χ0) is 25.6. The summed E-state index contributed by atoms with van der Waals surface area (Å²) < 4.78 is 5.58. The van der Waals surface area contributed by atoms with E-state index in [2.05, 4.69) is 10.6 Å². The SMILES string of the molecule is O=C(CN1C(=O)COc2ccc(NC(=O)C(c3ccccc3)c3ccccc3)cc21)Nc1ccccc1. The number of fused-ring (bicyclic) bond motifs is 1. The summed E-state index contributed by atoms with van der Waals surface area (Å²) in [5.41, 5.74) is 3.28. The molecule has 0 bridgehead atoms. The van der Waals surface area contributed by atoms with Crippen molar-refractivity contribution in [2.24, 2.45) is 0 Å². The number of nitrogens with zero attached hydrogens (tertiary/aromatic N) is 1. The van der Waals surface area contributed by atoms with Gasteiger partial charge in [-0.15, -0.1) is 0 Å². The van der Waals surface area contributed by atoms with Gasteiger partial charge in [-0.25, -0.2) is 0 Å². The molecule has 0 fully saturated rings. The molecular formula is C30H25N3O4. The van der Waals surface area contributed by atoms with E-state index in [1.165, 1.54) is 4.90 Å². The molecule has 1 aliphatic heterocycles. The molecule has 0 atom stereocenters. The number of hydrogen-bond acceptors (Lipinski definition) is 4. The van der Waals surface area contributed by atoms with Gasteiger partial charge in [-0.2, -0.15) is 0 Å². The third-order valence-corrected chi connectivity index (χ3v) is 6.06. The summed E-state index contributed by atoms with van der Waals surface area (Å²) in [6.45, 7) is -0.348. The van der Waals surface area contributed by atoms with E-state index >= 15 is 0 Å². The van der Waals surface area contributed by atoms with Gasteiger partial charge in [0.2, 0.25) is 11.8 Å². The van der Waals surface area contributed by atoms with Crippen LogP contribution in [0.15, 0.2) is 109 Å². The molecule has 0 unspecified atom stereocenters. The molecule has 0 aliphatic carbocycles. The predicted molar refractivity (Wildman–Crippen MR) is 143 cm³/mol. The Morgan fingerprint density at radius 1 is 0.757 bits per heavy atom. The second-order valence-corrected chi connectivity index (χ2v) is 8.61. The van der Waals surface area contributed by atoms with Crippen molar-refractivity contribution < 1.29 is 19.1 Å². The highest BCUT2D eigenvalue weighted by Crippen LogP contribution is 2.35. The van der Waals surface area contributed by atoms with Crippen LogP contribution >= 0.6 is 0 Å². The van der Waals surface area contributed by atoms with Crippen LogP contribution < -0.4 is 20.3 Å². The summed E-state index contributed by atoms with van der Waals surface area (Å²) in [4.78, 5) is 40.3. The van der Waals surface area contributed by atoms with Crippen LogP contribution in [0.5, 0.6) is 5.75 Å². The summed E-state index contributed by atoms with van der Waals surface area (Å²) in [7, 11) is 0. The number of ether oxygens (including phenoxy) is 1. The van der Waals surface area contributed by atoms with E-state index in [1.807, 2.05) is 78.9 Å². The maximum atomic E-state index is 13.5. The van der Waals surface area contributed by atoms with Crippen LogP contribution in [0.4, 0.5) is 17.1 Å². The highest BCUT2D eigenvalue weighted by atomic mass is 16.5. The van der Waals surface area contributed by atoms with Crippen LogP contribution in [-0.2, 0) is 14.4 Å². The zero-order valence-corrected chi connectivity index (χ0v) is 20.0. The Kier molecular flexibility index (Phi) is 6.94. The van der Waals surface area contributed by atoms with Gasteiger partial charge in [0.15, 0.2) is 6.61 Å². The summed E-state index contributed by atoms with van der Waals surface area (Å²) in [5.74, 6) is -0.952. The molecule has 184 valence electrons. The van der Waals surface area contributed by atoms with Crippen molar-refractivity contribution in [3.05, 3.63) is 120 Å². The second kappa shape index (κ2) is 10.8. The van der Waals surface area contributed by atoms with Crippen molar-refractivity contribution in [2.45, 2.75) is 5.92 Å². The molecule has 4 aromatic rings. The van der Waals surface area contributed by atoms with Crippen LogP contribution in [0, 0.1) is 0 Å². The lowest BCUT2D eigenvalue weighted by Gasteiger charge is -2.29. The van der Waals surface area contributed by atoms with E-state index in [4.69, 9.17) is 4.74 Å². The first kappa shape index (κ1) is 23.8. The lowest BCUT2D eigenvalue weighted by molar-refractivity contribution is -0.123. The maximum Gasteiger partial charge on any atom is 0.265 e. The molecule has 0 radical (unpaired) electrons. The van der Waals surface area contributed by atoms with Gasteiger partial charge in [-0.1, -0.05) is 78.9 Å². The van der Waals surface area contributed by atoms with E-state index in [9.17, 15) is 14.4 Å². The highest BCUT2D eigenvalue weighted by Gasteiger charge is 2.29. The Labute approximate surface area is 214 Å². The number of carbonyl (C=O) groups is 3. The first-order valence-electron chi connectivity index (χ1n) is 11.9. The van der Waals surface area contributed by atoms with Crippen molar-refractivity contribution in [2.75, 3.05) is 28.7 Å². The first-order valence-corrected chi connectivity index (χ1v) is 11.9. The summed E-state index contributed by atoms with van der Waals surface area (Å²) in [6, 6.07) is 33.2. The van der Waals surface area contributed by atoms with Gasteiger partial charge in [-0.05, 0) is 41.5 Å². The van der Waals surface area contributed by atoms with Gasteiger partial charge < -0.3 is 15.4 Å². The lowest BCUT2D eigenvalue weighted by atomic mass is 9.90. The molecule has 1 aliphatic rings. The van der Waals surface area contributed by atoms with Gasteiger partial charge in [0, 0.05) is 11.4 Å². The molecule has 2 N–H and O–H groups in total. The largest absolute Gasteiger partial charge is 0.482 e. The van der Waals surface area contributed by atoms with E-state index in [0.717, 1.165) is 11.1 Å². The topological polar surface area (TPSA) is 87.7 Å². The summed E-state index contributed by atoms with van der Waals surface area (Å²) in [5, 5.41) is 5.78. The van der Waals surface area contributed by atoms with Crippen LogP contribution in [0.2, 0.25) is 0 Å². The van der Waals surface area contributed by atoms with Gasteiger partial charge in [0.25, 0.3) is 5.91 Å². The molecule has 3 amide bonds. The van der Waals surface area contributed by atoms with Gasteiger partial charge >= 0.3 is 0 Å². The van der Waals surface area contributed by atoms with Crippen molar-refractivity contribution in [1.82, 2.24) is 0 Å². The molecule has 0 saturated heterocycles. The van der Waals surface area contributed by atoms with Crippen LogP contribution in [-0.4, -0.2) is 30.9 Å². The number of amides is 3. The monoisotopic (exact) mass is 491 g/mol. The fraction of sp³-hybridized carbons (Fsp3) is 0.100. The molecule has 0 saturated carbocycles. The smallest absolute Gasteiger partial charge is 0.265 e. The Morgan fingerprint density at radius 3 is 1.97 bits per heavy atom. The number of benzene rings is 4. The minimum absolute atomic E-state index is 0.165. The van der Waals surface area contributed by atoms with Crippen LogP contribution in [0.25, 0.3) is 0 Å². The van der Waals surface area contributed by atoms with Crippen LogP contribution in [0.3, 0.4) is 0 Å². The molecule has 37 heavy (non-hydrogen) atoms. The number of para-hydroxylation sites is 1. The average molecular weight is 492 g/mol. The van der Waals surface area contributed by atoms with E-state index < -0.39 is 5.92 Å². The second-order valence-electron chi connectivity index (χ2n) is 8.61. The van der Waals surface area contributed by atoms with Crippen molar-refractivity contribution >= 4 is 34.8 Å².